The third-order valence-electron chi connectivity index (χ3n) is 6.10. The van der Waals surface area contributed by atoms with Crippen molar-refractivity contribution in [2.45, 2.75) is 77.0 Å². The van der Waals surface area contributed by atoms with E-state index < -0.39 is 11.6 Å². The van der Waals surface area contributed by atoms with Gasteiger partial charge < -0.3 is 15.7 Å². The van der Waals surface area contributed by atoms with Crippen molar-refractivity contribution in [1.82, 2.24) is 19.5 Å². The standard InChI is InChI=1S/C23H30F2N6O/c1-3-5-16(4-2)31-21-20(29-23(31)28-19-11-6-14(24)12-18(19)25)13-26-22(30-21)27-15-7-9-17(32)10-8-15/h6,11-13,15-17,32H,3-5,7-10H2,1-2H3,(H,28,29)(H,26,27,30). The van der Waals surface area contributed by atoms with E-state index in [4.69, 9.17) is 4.98 Å². The number of benzene rings is 1. The highest BCUT2D eigenvalue weighted by Gasteiger charge is 2.23. The Labute approximate surface area is 186 Å². The third-order valence-corrected chi connectivity index (χ3v) is 6.10. The summed E-state index contributed by atoms with van der Waals surface area (Å²) in [6, 6.07) is 3.76. The average molecular weight is 445 g/mol. The minimum Gasteiger partial charge on any atom is -0.393 e. The number of aliphatic hydroxyl groups excluding tert-OH is 1. The van der Waals surface area contributed by atoms with Crippen LogP contribution in [0.1, 0.15) is 64.8 Å². The van der Waals surface area contributed by atoms with Gasteiger partial charge in [-0.1, -0.05) is 20.3 Å². The number of imidazole rings is 1. The highest BCUT2D eigenvalue weighted by molar-refractivity contribution is 5.76. The summed E-state index contributed by atoms with van der Waals surface area (Å²) >= 11 is 0. The Balaban J connectivity index is 1.70. The molecule has 4 rings (SSSR count). The Morgan fingerprint density at radius 3 is 2.62 bits per heavy atom. The number of halogens is 2. The molecule has 32 heavy (non-hydrogen) atoms. The first kappa shape index (κ1) is 22.4. The molecule has 1 saturated carbocycles. The van der Waals surface area contributed by atoms with E-state index in [9.17, 15) is 13.9 Å². The van der Waals surface area contributed by atoms with Gasteiger partial charge in [0.05, 0.1) is 18.0 Å². The van der Waals surface area contributed by atoms with E-state index in [1.165, 1.54) is 12.1 Å². The van der Waals surface area contributed by atoms with Crippen molar-refractivity contribution in [3.05, 3.63) is 36.0 Å². The smallest absolute Gasteiger partial charge is 0.224 e. The Morgan fingerprint density at radius 2 is 1.94 bits per heavy atom. The van der Waals surface area contributed by atoms with Crippen LogP contribution in [0.4, 0.5) is 26.4 Å². The van der Waals surface area contributed by atoms with Crippen molar-refractivity contribution >= 4 is 28.7 Å². The van der Waals surface area contributed by atoms with Crippen LogP contribution in [-0.4, -0.2) is 36.8 Å². The molecule has 3 aromatic rings. The first-order valence-corrected chi connectivity index (χ1v) is 11.4. The summed E-state index contributed by atoms with van der Waals surface area (Å²) in [5.41, 5.74) is 1.43. The molecule has 1 unspecified atom stereocenters. The molecular formula is C23H30F2N6O. The van der Waals surface area contributed by atoms with Crippen LogP contribution in [0.15, 0.2) is 24.4 Å². The summed E-state index contributed by atoms with van der Waals surface area (Å²) in [5.74, 6) is -0.334. The van der Waals surface area contributed by atoms with E-state index in [1.807, 2.05) is 4.57 Å². The molecule has 0 bridgehead atoms. The second-order valence-corrected chi connectivity index (χ2v) is 8.46. The monoisotopic (exact) mass is 444 g/mol. The van der Waals surface area contributed by atoms with E-state index in [2.05, 4.69) is 34.4 Å². The van der Waals surface area contributed by atoms with Crippen molar-refractivity contribution in [2.24, 2.45) is 0 Å². The molecule has 172 valence electrons. The van der Waals surface area contributed by atoms with Gasteiger partial charge in [0.15, 0.2) is 5.65 Å². The number of hydrogen-bond acceptors (Lipinski definition) is 6. The second kappa shape index (κ2) is 9.77. The van der Waals surface area contributed by atoms with Gasteiger partial charge in [-0.25, -0.2) is 18.7 Å². The zero-order chi connectivity index (χ0) is 22.7. The van der Waals surface area contributed by atoms with Crippen LogP contribution in [0.2, 0.25) is 0 Å². The summed E-state index contributed by atoms with van der Waals surface area (Å²) < 4.78 is 29.7. The average Bonchev–Trinajstić information content (AvgIpc) is 3.13. The quantitative estimate of drug-likeness (QED) is 0.436. The van der Waals surface area contributed by atoms with E-state index in [0.717, 1.165) is 51.0 Å². The highest BCUT2D eigenvalue weighted by atomic mass is 19.1. The maximum absolute atomic E-state index is 14.3. The van der Waals surface area contributed by atoms with Crippen LogP contribution < -0.4 is 10.6 Å². The Morgan fingerprint density at radius 1 is 1.16 bits per heavy atom. The SMILES string of the molecule is CCCC(CC)n1c(Nc2ccc(F)cc2F)nc2cnc(NC3CCC(O)CC3)nc21. The summed E-state index contributed by atoms with van der Waals surface area (Å²) in [6.07, 6.45) is 7.46. The molecule has 2 heterocycles. The maximum atomic E-state index is 14.3. The summed E-state index contributed by atoms with van der Waals surface area (Å²) in [5, 5.41) is 16.2. The normalized spacial score (nSPS) is 19.8. The van der Waals surface area contributed by atoms with Crippen LogP contribution >= 0.6 is 0 Å². The zero-order valence-corrected chi connectivity index (χ0v) is 18.5. The first-order chi connectivity index (χ1) is 15.5. The van der Waals surface area contributed by atoms with E-state index in [1.54, 1.807) is 6.20 Å². The van der Waals surface area contributed by atoms with Crippen LogP contribution in [0, 0.1) is 11.6 Å². The number of anilines is 3. The lowest BCUT2D eigenvalue weighted by molar-refractivity contribution is 0.126. The summed E-state index contributed by atoms with van der Waals surface area (Å²) in [6.45, 7) is 4.22. The molecule has 1 atom stereocenters. The lowest BCUT2D eigenvalue weighted by Crippen LogP contribution is -2.29. The fraction of sp³-hybridized carbons (Fsp3) is 0.522. The van der Waals surface area contributed by atoms with Crippen LogP contribution in [-0.2, 0) is 0 Å². The minimum atomic E-state index is -0.680. The molecule has 1 aromatic carbocycles. The van der Waals surface area contributed by atoms with Crippen molar-refractivity contribution in [2.75, 3.05) is 10.6 Å². The largest absolute Gasteiger partial charge is 0.393 e. The van der Waals surface area contributed by atoms with Crippen LogP contribution in [0.25, 0.3) is 11.2 Å². The fourth-order valence-electron chi connectivity index (χ4n) is 4.36. The molecule has 1 fully saturated rings. The minimum absolute atomic E-state index is 0.114. The third kappa shape index (κ3) is 4.82. The highest BCUT2D eigenvalue weighted by Crippen LogP contribution is 2.31. The predicted molar refractivity (Wildman–Crippen MR) is 121 cm³/mol. The number of nitrogens with one attached hydrogen (secondary N) is 2. The number of fused-ring (bicyclic) bond motifs is 1. The van der Waals surface area contributed by atoms with Gasteiger partial charge in [-0.05, 0) is 50.7 Å². The fourth-order valence-corrected chi connectivity index (χ4v) is 4.36. The lowest BCUT2D eigenvalue weighted by Gasteiger charge is -2.26. The first-order valence-electron chi connectivity index (χ1n) is 11.4. The lowest BCUT2D eigenvalue weighted by atomic mass is 9.93. The summed E-state index contributed by atoms with van der Waals surface area (Å²) in [4.78, 5) is 13.8. The molecule has 2 aromatic heterocycles. The molecule has 9 heteroatoms. The molecule has 3 N–H and O–H groups in total. The zero-order valence-electron chi connectivity index (χ0n) is 18.5. The number of hydrogen-bond donors (Lipinski definition) is 3. The second-order valence-electron chi connectivity index (χ2n) is 8.46. The van der Waals surface area contributed by atoms with E-state index in [-0.39, 0.29) is 23.9 Å². The molecular weight excluding hydrogens is 414 g/mol. The Bertz CT molecular complexity index is 1060. The van der Waals surface area contributed by atoms with Crippen LogP contribution in [0.3, 0.4) is 0 Å². The number of aliphatic hydroxyl groups is 1. The molecule has 0 saturated heterocycles. The van der Waals surface area contributed by atoms with Gasteiger partial charge in [0.25, 0.3) is 0 Å². The van der Waals surface area contributed by atoms with Gasteiger partial charge in [0.1, 0.15) is 17.2 Å². The molecule has 1 aliphatic rings. The van der Waals surface area contributed by atoms with Crippen molar-refractivity contribution < 1.29 is 13.9 Å². The number of rotatable bonds is 8. The van der Waals surface area contributed by atoms with Crippen molar-refractivity contribution in [3.63, 3.8) is 0 Å². The molecule has 1 aliphatic carbocycles. The molecule has 0 radical (unpaired) electrons. The molecule has 0 amide bonds. The van der Waals surface area contributed by atoms with Gasteiger partial charge >= 0.3 is 0 Å². The molecule has 0 aliphatic heterocycles. The predicted octanol–water partition coefficient (Wildman–Crippen LogP) is 5.31. The van der Waals surface area contributed by atoms with E-state index >= 15 is 0 Å². The van der Waals surface area contributed by atoms with Gasteiger partial charge in [-0.15, -0.1) is 0 Å². The van der Waals surface area contributed by atoms with Gasteiger partial charge in [-0.2, -0.15) is 4.98 Å². The Kier molecular flexibility index (Phi) is 6.83. The van der Waals surface area contributed by atoms with Crippen LogP contribution in [0.5, 0.6) is 0 Å². The summed E-state index contributed by atoms with van der Waals surface area (Å²) in [7, 11) is 0. The van der Waals surface area contributed by atoms with Gasteiger partial charge in [-0.3, -0.25) is 4.57 Å². The Hall–Kier alpha value is -2.81. The van der Waals surface area contributed by atoms with Crippen molar-refractivity contribution in [1.29, 1.82) is 0 Å². The topological polar surface area (TPSA) is 87.9 Å². The molecule has 0 spiro atoms. The number of nitrogens with zero attached hydrogens (tertiary/aromatic N) is 4. The number of aromatic nitrogens is 4. The van der Waals surface area contributed by atoms with E-state index in [0.29, 0.717) is 23.1 Å². The van der Waals surface area contributed by atoms with Gasteiger partial charge in [0.2, 0.25) is 11.9 Å². The molecule has 7 nitrogen and oxygen atoms in total. The van der Waals surface area contributed by atoms with Gasteiger partial charge in [0, 0.05) is 18.2 Å². The maximum Gasteiger partial charge on any atom is 0.224 e. The van der Waals surface area contributed by atoms with Crippen molar-refractivity contribution in [3.8, 4) is 0 Å².